The van der Waals surface area contributed by atoms with Crippen molar-refractivity contribution < 1.29 is 59.1 Å². The number of aliphatic hydroxyl groups is 4. The summed E-state index contributed by atoms with van der Waals surface area (Å²) in [6, 6.07) is 4.65. The maximum absolute atomic E-state index is 13.2. The van der Waals surface area contributed by atoms with Gasteiger partial charge in [0.05, 0.1) is 20.8 Å². The minimum Gasteiger partial charge on any atom is -0.508 e. The van der Waals surface area contributed by atoms with Gasteiger partial charge in [0.1, 0.15) is 46.9 Å². The van der Waals surface area contributed by atoms with Crippen LogP contribution in [0.25, 0.3) is 22.3 Å². The highest BCUT2D eigenvalue weighted by Gasteiger charge is 2.45. The molecule has 7 N–H and O–H groups in total. The molecule has 4 rings (SSSR count). The van der Waals surface area contributed by atoms with Crippen LogP contribution < -0.4 is 19.6 Å². The number of ether oxygens (including phenoxy) is 4. The second kappa shape index (κ2) is 9.72. The largest absolute Gasteiger partial charge is 0.508 e. The number of phenolic OH excluding ortho intramolecular Hbond substituents is 2. The van der Waals surface area contributed by atoms with Crippen molar-refractivity contribution in [2.45, 2.75) is 30.7 Å². The van der Waals surface area contributed by atoms with E-state index in [9.17, 15) is 40.5 Å². The monoisotopic (exact) mass is 508 g/mol. The van der Waals surface area contributed by atoms with Crippen molar-refractivity contribution in [1.29, 1.82) is 0 Å². The lowest BCUT2D eigenvalue weighted by Gasteiger charge is -2.39. The normalized spacial score (nSPS) is 24.0. The Hall–Kier alpha value is -3.75. The van der Waals surface area contributed by atoms with E-state index in [1.54, 1.807) is 0 Å². The summed E-state index contributed by atoms with van der Waals surface area (Å²) in [4.78, 5) is 13.2. The van der Waals surface area contributed by atoms with Crippen molar-refractivity contribution in [1.82, 2.24) is 0 Å². The standard InChI is InChI=1S/C23H24O13/c1-32-12-3-8(4-13(33-2)16(12)26)22-20(30)18(28)15-10(34-22)5-9(25)6-11(15)35-23-21(31)19(29)17(27)14(7-24)36-23/h3-6,14,17,19,21,23-27,29-31H,7H2,1-2H3. The smallest absolute Gasteiger partial charge is 0.238 e. The van der Waals surface area contributed by atoms with Crippen molar-refractivity contribution in [2.75, 3.05) is 20.8 Å². The van der Waals surface area contributed by atoms with Crippen LogP contribution in [0.4, 0.5) is 0 Å². The van der Waals surface area contributed by atoms with Gasteiger partial charge in [0.25, 0.3) is 0 Å². The Morgan fingerprint density at radius 2 is 1.50 bits per heavy atom. The summed E-state index contributed by atoms with van der Waals surface area (Å²) in [5.41, 5.74) is -1.13. The van der Waals surface area contributed by atoms with Crippen molar-refractivity contribution in [3.8, 4) is 45.8 Å². The molecule has 0 bridgehead atoms. The first-order chi connectivity index (χ1) is 17.1. The molecule has 0 saturated carbocycles. The number of hydrogen-bond acceptors (Lipinski definition) is 13. The van der Waals surface area contributed by atoms with E-state index >= 15 is 0 Å². The van der Waals surface area contributed by atoms with Gasteiger partial charge in [-0.25, -0.2) is 0 Å². The highest BCUT2D eigenvalue weighted by Crippen LogP contribution is 2.43. The van der Waals surface area contributed by atoms with E-state index in [0.29, 0.717) is 0 Å². The topological polar surface area (TPSA) is 209 Å². The minimum absolute atomic E-state index is 0.0333. The van der Waals surface area contributed by atoms with E-state index in [4.69, 9.17) is 23.4 Å². The molecular weight excluding hydrogens is 484 g/mol. The lowest BCUT2D eigenvalue weighted by atomic mass is 9.99. The molecule has 5 atom stereocenters. The van der Waals surface area contributed by atoms with Gasteiger partial charge < -0.3 is 59.1 Å². The molecule has 13 nitrogen and oxygen atoms in total. The molecule has 194 valence electrons. The summed E-state index contributed by atoms with van der Waals surface area (Å²) in [5.74, 6) is -2.40. The summed E-state index contributed by atoms with van der Waals surface area (Å²) in [7, 11) is 2.57. The first-order valence-corrected chi connectivity index (χ1v) is 10.6. The van der Waals surface area contributed by atoms with Crippen molar-refractivity contribution >= 4 is 11.0 Å². The molecule has 1 aromatic heterocycles. The quantitative estimate of drug-likeness (QED) is 0.230. The summed E-state index contributed by atoms with van der Waals surface area (Å²) < 4.78 is 26.7. The molecule has 0 aliphatic carbocycles. The van der Waals surface area contributed by atoms with E-state index < -0.39 is 54.2 Å². The third kappa shape index (κ3) is 4.23. The van der Waals surface area contributed by atoms with E-state index in [0.717, 1.165) is 12.1 Å². The SMILES string of the molecule is COc1cc(-c2oc3cc(O)cc(OC4OC(CO)C(O)C(O)C4O)c3c(=O)c2O)cc(OC)c1O. The summed E-state index contributed by atoms with van der Waals surface area (Å²) in [6.07, 6.45) is -8.13. The summed E-state index contributed by atoms with van der Waals surface area (Å²) in [6.45, 7) is -0.711. The number of fused-ring (bicyclic) bond motifs is 1. The molecule has 1 aliphatic rings. The minimum atomic E-state index is -1.79. The van der Waals surface area contributed by atoms with E-state index in [2.05, 4.69) is 0 Å². The number of rotatable bonds is 6. The van der Waals surface area contributed by atoms with Crippen LogP contribution in [-0.2, 0) is 4.74 Å². The predicted octanol–water partition coefficient (Wildman–Crippen LogP) is -0.227. The van der Waals surface area contributed by atoms with Crippen LogP contribution in [0.2, 0.25) is 0 Å². The summed E-state index contributed by atoms with van der Waals surface area (Å²) in [5, 5.41) is 70.3. The van der Waals surface area contributed by atoms with Gasteiger partial charge in [0.15, 0.2) is 17.3 Å². The maximum Gasteiger partial charge on any atom is 0.238 e. The van der Waals surface area contributed by atoms with Gasteiger partial charge in [0.2, 0.25) is 23.2 Å². The van der Waals surface area contributed by atoms with Gasteiger partial charge in [0, 0.05) is 17.7 Å². The molecule has 2 aromatic carbocycles. The van der Waals surface area contributed by atoms with Gasteiger partial charge in [-0.1, -0.05) is 0 Å². The van der Waals surface area contributed by atoms with Crippen LogP contribution in [-0.4, -0.2) is 87.3 Å². The zero-order valence-electron chi connectivity index (χ0n) is 19.0. The second-order valence-electron chi connectivity index (χ2n) is 7.97. The van der Waals surface area contributed by atoms with E-state index in [-0.39, 0.29) is 45.3 Å². The number of phenols is 2. The van der Waals surface area contributed by atoms with Crippen molar-refractivity contribution in [3.63, 3.8) is 0 Å². The van der Waals surface area contributed by atoms with Crippen LogP contribution in [0.3, 0.4) is 0 Å². The maximum atomic E-state index is 13.2. The average molecular weight is 508 g/mol. The molecule has 1 fully saturated rings. The van der Waals surface area contributed by atoms with Gasteiger partial charge in [-0.15, -0.1) is 0 Å². The Morgan fingerprint density at radius 3 is 2.08 bits per heavy atom. The molecule has 0 amide bonds. The first kappa shape index (κ1) is 25.3. The fourth-order valence-electron chi connectivity index (χ4n) is 3.86. The molecule has 13 heteroatoms. The molecule has 0 radical (unpaired) electrons. The van der Waals surface area contributed by atoms with Gasteiger partial charge in [-0.2, -0.15) is 0 Å². The number of aromatic hydroxyl groups is 3. The number of benzene rings is 2. The van der Waals surface area contributed by atoms with Crippen LogP contribution >= 0.6 is 0 Å². The molecule has 5 unspecified atom stereocenters. The van der Waals surface area contributed by atoms with Crippen LogP contribution in [0.5, 0.6) is 34.5 Å². The molecule has 1 aliphatic heterocycles. The van der Waals surface area contributed by atoms with Crippen molar-refractivity contribution in [3.05, 3.63) is 34.5 Å². The molecule has 36 heavy (non-hydrogen) atoms. The molecule has 2 heterocycles. The zero-order valence-corrected chi connectivity index (χ0v) is 19.0. The van der Waals surface area contributed by atoms with Crippen LogP contribution in [0.15, 0.2) is 33.5 Å². The van der Waals surface area contributed by atoms with Gasteiger partial charge in [-0.05, 0) is 12.1 Å². The Bertz CT molecular complexity index is 1310. The third-order valence-corrected chi connectivity index (χ3v) is 5.75. The number of hydrogen-bond donors (Lipinski definition) is 7. The molecular formula is C23H24O13. The Balaban J connectivity index is 1.84. The third-order valence-electron chi connectivity index (χ3n) is 5.75. The Morgan fingerprint density at radius 1 is 0.861 bits per heavy atom. The average Bonchev–Trinajstić information content (AvgIpc) is 2.86. The van der Waals surface area contributed by atoms with Crippen LogP contribution in [0, 0.1) is 0 Å². The van der Waals surface area contributed by atoms with Gasteiger partial charge >= 0.3 is 0 Å². The summed E-state index contributed by atoms with van der Waals surface area (Å²) >= 11 is 0. The van der Waals surface area contributed by atoms with Gasteiger partial charge in [-0.3, -0.25) is 4.79 Å². The molecule has 0 spiro atoms. The lowest BCUT2D eigenvalue weighted by Crippen LogP contribution is -2.60. The fraction of sp³-hybridized carbons (Fsp3) is 0.348. The Labute approximate surface area is 202 Å². The van der Waals surface area contributed by atoms with E-state index in [1.807, 2.05) is 0 Å². The highest BCUT2D eigenvalue weighted by atomic mass is 16.7. The van der Waals surface area contributed by atoms with E-state index in [1.165, 1.54) is 26.4 Å². The second-order valence-corrected chi connectivity index (χ2v) is 7.97. The van der Waals surface area contributed by atoms with Crippen LogP contribution in [0.1, 0.15) is 0 Å². The number of aliphatic hydroxyl groups excluding tert-OH is 4. The fourth-order valence-corrected chi connectivity index (χ4v) is 3.86. The molecule has 1 saturated heterocycles. The zero-order chi connectivity index (χ0) is 26.3. The first-order valence-electron chi connectivity index (χ1n) is 10.6. The highest BCUT2D eigenvalue weighted by molar-refractivity contribution is 5.88. The predicted molar refractivity (Wildman–Crippen MR) is 120 cm³/mol. The molecule has 3 aromatic rings. The lowest BCUT2D eigenvalue weighted by molar-refractivity contribution is -0.277. The van der Waals surface area contributed by atoms with Crippen molar-refractivity contribution in [2.24, 2.45) is 0 Å². The number of methoxy groups -OCH3 is 2. The Kier molecular flexibility index (Phi) is 6.84.